The second-order valence-corrected chi connectivity index (χ2v) is 8.66. The maximum atomic E-state index is 13.1. The number of halogens is 3. The van der Waals surface area contributed by atoms with E-state index in [1.807, 2.05) is 13.8 Å². The number of hydrogen-bond donors (Lipinski definition) is 1. The number of carbonyl (C=O) groups excluding carboxylic acids is 2. The highest BCUT2D eigenvalue weighted by atomic mass is 19.4. The van der Waals surface area contributed by atoms with Crippen LogP contribution in [-0.4, -0.2) is 24.2 Å². The first-order chi connectivity index (χ1) is 14.3. The minimum Gasteiger partial charge on any atom is -0.459 e. The lowest BCUT2D eigenvalue weighted by Gasteiger charge is -2.38. The van der Waals surface area contributed by atoms with Gasteiger partial charge in [-0.15, -0.1) is 13.2 Å². The van der Waals surface area contributed by atoms with Gasteiger partial charge in [0.1, 0.15) is 17.1 Å². The van der Waals surface area contributed by atoms with Crippen LogP contribution in [-0.2, 0) is 19.1 Å². The Morgan fingerprint density at radius 2 is 1.81 bits per heavy atom. The van der Waals surface area contributed by atoms with E-state index in [0.29, 0.717) is 17.7 Å². The third-order valence-corrected chi connectivity index (χ3v) is 4.96. The van der Waals surface area contributed by atoms with Crippen LogP contribution in [0.5, 0.6) is 5.75 Å². The number of rotatable bonds is 4. The second kappa shape index (κ2) is 7.94. The van der Waals surface area contributed by atoms with E-state index in [0.717, 1.165) is 12.1 Å². The summed E-state index contributed by atoms with van der Waals surface area (Å²) < 4.78 is 52.4. The normalized spacial score (nSPS) is 21.0. The second-order valence-electron chi connectivity index (χ2n) is 8.66. The van der Waals surface area contributed by atoms with E-state index >= 15 is 0 Å². The van der Waals surface area contributed by atoms with Crippen LogP contribution in [0.25, 0.3) is 0 Å². The number of Topliss-reactive ketones (excluding diaryl/α,β-unsaturated/α-hetero) is 1. The average molecular weight is 439 g/mol. The Labute approximate surface area is 177 Å². The molecule has 0 unspecified atom stereocenters. The molecular weight excluding hydrogens is 415 g/mol. The summed E-state index contributed by atoms with van der Waals surface area (Å²) in [6.45, 7) is 7.16. The lowest BCUT2D eigenvalue weighted by molar-refractivity contribution is -0.274. The van der Waals surface area contributed by atoms with Gasteiger partial charge in [-0.2, -0.15) is 0 Å². The van der Waals surface area contributed by atoms with Gasteiger partial charge in [-0.3, -0.25) is 4.79 Å². The maximum Gasteiger partial charge on any atom is 0.573 e. The Kier molecular flexibility index (Phi) is 5.82. The highest BCUT2D eigenvalue weighted by molar-refractivity contribution is 6.03. The Bertz CT molecular complexity index is 958. The SMILES string of the molecule is CC(C)OC(=O)C1=C(N)OC2=C(C(=O)CC(C)(C)C2)[C@H]1c1ccc(OC(F)(F)F)cc1. The topological polar surface area (TPSA) is 87.9 Å². The van der Waals surface area contributed by atoms with E-state index < -0.39 is 30.1 Å². The Balaban J connectivity index is 2.09. The number of esters is 1. The monoisotopic (exact) mass is 439 g/mol. The smallest absolute Gasteiger partial charge is 0.459 e. The van der Waals surface area contributed by atoms with E-state index in [-0.39, 0.29) is 34.6 Å². The van der Waals surface area contributed by atoms with Crippen LogP contribution in [0.1, 0.15) is 52.0 Å². The summed E-state index contributed by atoms with van der Waals surface area (Å²) in [7, 11) is 0. The number of carbonyl (C=O) groups is 2. The van der Waals surface area contributed by atoms with Crippen molar-refractivity contribution in [2.24, 2.45) is 11.1 Å². The molecule has 6 nitrogen and oxygen atoms in total. The van der Waals surface area contributed by atoms with E-state index in [1.54, 1.807) is 13.8 Å². The molecule has 1 aromatic carbocycles. The average Bonchev–Trinajstić information content (AvgIpc) is 2.57. The minimum atomic E-state index is -4.84. The molecule has 3 rings (SSSR count). The third-order valence-electron chi connectivity index (χ3n) is 4.96. The van der Waals surface area contributed by atoms with Crippen molar-refractivity contribution in [2.45, 2.75) is 58.9 Å². The van der Waals surface area contributed by atoms with Crippen LogP contribution < -0.4 is 10.5 Å². The number of ether oxygens (including phenoxy) is 3. The molecular formula is C22H24F3NO5. The molecule has 0 spiro atoms. The van der Waals surface area contributed by atoms with Crippen LogP contribution >= 0.6 is 0 Å². The largest absolute Gasteiger partial charge is 0.573 e. The van der Waals surface area contributed by atoms with Gasteiger partial charge in [-0.25, -0.2) is 4.79 Å². The van der Waals surface area contributed by atoms with Crippen molar-refractivity contribution in [1.29, 1.82) is 0 Å². The zero-order valence-corrected chi connectivity index (χ0v) is 17.6. The van der Waals surface area contributed by atoms with Crippen LogP contribution in [0.4, 0.5) is 13.2 Å². The molecule has 1 aromatic rings. The molecule has 0 bridgehead atoms. The highest BCUT2D eigenvalue weighted by Crippen LogP contribution is 2.48. The first-order valence-corrected chi connectivity index (χ1v) is 9.78. The minimum absolute atomic E-state index is 0.0509. The third kappa shape index (κ3) is 5.03. The molecule has 9 heteroatoms. The standard InChI is InChI=1S/C22H24F3NO5/c1-11(2)29-20(28)18-16(12-5-7-13(8-6-12)31-22(23,24)25)17-14(27)9-21(3,4)10-15(17)30-19(18)26/h5-8,11,16H,9-10,26H2,1-4H3/t16-/m1/s1. The number of benzene rings is 1. The first kappa shape index (κ1) is 22.7. The predicted molar refractivity (Wildman–Crippen MR) is 104 cm³/mol. The molecule has 0 amide bonds. The predicted octanol–water partition coefficient (Wildman–Crippen LogP) is 4.46. The quantitative estimate of drug-likeness (QED) is 0.697. The molecule has 1 heterocycles. The molecule has 1 aliphatic heterocycles. The van der Waals surface area contributed by atoms with E-state index in [2.05, 4.69) is 4.74 Å². The zero-order valence-electron chi connectivity index (χ0n) is 17.6. The number of alkyl halides is 3. The molecule has 2 N–H and O–H groups in total. The molecule has 168 valence electrons. The van der Waals surface area contributed by atoms with Gasteiger partial charge in [0.25, 0.3) is 0 Å². The Morgan fingerprint density at radius 1 is 1.19 bits per heavy atom. The van der Waals surface area contributed by atoms with Crippen LogP contribution in [0.15, 0.2) is 47.1 Å². The van der Waals surface area contributed by atoms with Crippen molar-refractivity contribution in [3.8, 4) is 5.75 Å². The van der Waals surface area contributed by atoms with Crippen molar-refractivity contribution >= 4 is 11.8 Å². The number of hydrogen-bond acceptors (Lipinski definition) is 6. The molecule has 0 radical (unpaired) electrons. The van der Waals surface area contributed by atoms with Gasteiger partial charge < -0.3 is 19.9 Å². The number of allylic oxidation sites excluding steroid dienone is 2. The van der Waals surface area contributed by atoms with E-state index in [4.69, 9.17) is 15.2 Å². The van der Waals surface area contributed by atoms with Gasteiger partial charge in [-0.05, 0) is 37.0 Å². The number of ketones is 1. The molecule has 0 fully saturated rings. The zero-order chi connectivity index (χ0) is 23.1. The summed E-state index contributed by atoms with van der Waals surface area (Å²) in [5.74, 6) is -2.13. The highest BCUT2D eigenvalue weighted by Gasteiger charge is 2.45. The molecule has 2 aliphatic rings. The molecule has 1 atom stereocenters. The van der Waals surface area contributed by atoms with Gasteiger partial charge >= 0.3 is 12.3 Å². The van der Waals surface area contributed by atoms with E-state index in [1.165, 1.54) is 12.1 Å². The lowest BCUT2D eigenvalue weighted by atomic mass is 9.70. The summed E-state index contributed by atoms with van der Waals surface area (Å²) in [6.07, 6.45) is -4.63. The summed E-state index contributed by atoms with van der Waals surface area (Å²) in [5, 5.41) is 0. The molecule has 31 heavy (non-hydrogen) atoms. The van der Waals surface area contributed by atoms with Crippen LogP contribution in [0, 0.1) is 5.41 Å². The van der Waals surface area contributed by atoms with Gasteiger partial charge in [0.15, 0.2) is 5.78 Å². The fraction of sp³-hybridized carbons (Fsp3) is 0.455. The lowest BCUT2D eigenvalue weighted by Crippen LogP contribution is -2.36. The summed E-state index contributed by atoms with van der Waals surface area (Å²) in [4.78, 5) is 25.9. The summed E-state index contributed by atoms with van der Waals surface area (Å²) in [5.41, 5.74) is 6.34. The van der Waals surface area contributed by atoms with Crippen molar-refractivity contribution < 1.29 is 37.0 Å². The van der Waals surface area contributed by atoms with Gasteiger partial charge in [0, 0.05) is 18.4 Å². The maximum absolute atomic E-state index is 13.1. The van der Waals surface area contributed by atoms with Crippen molar-refractivity contribution in [1.82, 2.24) is 0 Å². The van der Waals surface area contributed by atoms with Crippen LogP contribution in [0.3, 0.4) is 0 Å². The van der Waals surface area contributed by atoms with Gasteiger partial charge in [-0.1, -0.05) is 26.0 Å². The van der Waals surface area contributed by atoms with E-state index in [9.17, 15) is 22.8 Å². The van der Waals surface area contributed by atoms with Crippen molar-refractivity contribution in [3.05, 3.63) is 52.6 Å². The fourth-order valence-electron chi connectivity index (χ4n) is 3.86. The molecule has 1 aliphatic carbocycles. The summed E-state index contributed by atoms with van der Waals surface area (Å²) >= 11 is 0. The fourth-order valence-corrected chi connectivity index (χ4v) is 3.86. The van der Waals surface area contributed by atoms with Crippen molar-refractivity contribution in [3.63, 3.8) is 0 Å². The molecule has 0 aromatic heterocycles. The van der Waals surface area contributed by atoms with Crippen molar-refractivity contribution in [2.75, 3.05) is 0 Å². The first-order valence-electron chi connectivity index (χ1n) is 9.78. The Morgan fingerprint density at radius 3 is 2.35 bits per heavy atom. The molecule has 0 saturated carbocycles. The van der Waals surface area contributed by atoms with Gasteiger partial charge in [0.2, 0.25) is 5.88 Å². The molecule has 0 saturated heterocycles. The van der Waals surface area contributed by atoms with Crippen LogP contribution in [0.2, 0.25) is 0 Å². The Hall–Kier alpha value is -2.97. The number of nitrogens with two attached hydrogens (primary N) is 1. The van der Waals surface area contributed by atoms with Gasteiger partial charge in [0.05, 0.1) is 12.0 Å². The summed E-state index contributed by atoms with van der Waals surface area (Å²) in [6, 6.07) is 4.98.